The highest BCUT2D eigenvalue weighted by atomic mass is 19.4. The second kappa shape index (κ2) is 9.49. The number of nitrogens with one attached hydrogen (secondary N) is 1. The van der Waals surface area contributed by atoms with E-state index in [0.29, 0.717) is 18.7 Å². The van der Waals surface area contributed by atoms with Gasteiger partial charge in [0, 0.05) is 63.2 Å². The van der Waals surface area contributed by atoms with E-state index in [9.17, 15) is 18.0 Å². The van der Waals surface area contributed by atoms with Crippen molar-refractivity contribution < 1.29 is 18.0 Å². The first-order chi connectivity index (χ1) is 17.5. The quantitative estimate of drug-likeness (QED) is 0.672. The molecule has 1 spiro atoms. The van der Waals surface area contributed by atoms with E-state index < -0.39 is 11.7 Å². The number of halogens is 3. The molecule has 1 aromatic heterocycles. The Morgan fingerprint density at radius 3 is 2.24 bits per heavy atom. The van der Waals surface area contributed by atoms with Crippen molar-refractivity contribution in [1.29, 1.82) is 5.26 Å². The van der Waals surface area contributed by atoms with Crippen LogP contribution in [-0.2, 0) is 12.7 Å². The number of nitriles is 1. The molecule has 1 aliphatic carbocycles. The van der Waals surface area contributed by atoms with Crippen LogP contribution in [-0.4, -0.2) is 70.1 Å². The molecule has 0 unspecified atom stereocenters. The van der Waals surface area contributed by atoms with E-state index in [1.807, 2.05) is 47.9 Å². The molecule has 1 N–H and O–H groups in total. The number of amides is 2. The minimum atomic E-state index is -4.47. The molecule has 2 aliphatic heterocycles. The van der Waals surface area contributed by atoms with Crippen LogP contribution in [0.15, 0.2) is 36.7 Å². The Morgan fingerprint density at radius 2 is 1.70 bits per heavy atom. The lowest BCUT2D eigenvalue weighted by molar-refractivity contribution is -0.138. The van der Waals surface area contributed by atoms with E-state index in [1.165, 1.54) is 5.56 Å². The zero-order valence-corrected chi connectivity index (χ0v) is 20.9. The first-order valence-electron chi connectivity index (χ1n) is 12.5. The number of alkyl halides is 3. The number of hydrogen-bond acceptors (Lipinski definition) is 6. The molecule has 3 fully saturated rings. The molecule has 3 heterocycles. The van der Waals surface area contributed by atoms with E-state index >= 15 is 0 Å². The summed E-state index contributed by atoms with van der Waals surface area (Å²) >= 11 is 0. The van der Waals surface area contributed by atoms with Crippen LogP contribution in [0.3, 0.4) is 0 Å². The van der Waals surface area contributed by atoms with Gasteiger partial charge in [-0.3, -0.25) is 4.90 Å². The summed E-state index contributed by atoms with van der Waals surface area (Å²) in [5.41, 5.74) is 1.26. The normalized spacial score (nSPS) is 23.8. The zero-order chi connectivity index (χ0) is 26.4. The summed E-state index contributed by atoms with van der Waals surface area (Å²) in [5.74, 6) is 0.239. The minimum Gasteiger partial charge on any atom is -0.337 e. The molecule has 2 aromatic rings. The Labute approximate surface area is 214 Å². The van der Waals surface area contributed by atoms with Crippen LogP contribution in [0.5, 0.6) is 0 Å². The number of carbonyl (C=O) groups is 1. The van der Waals surface area contributed by atoms with Crippen molar-refractivity contribution in [2.24, 2.45) is 5.41 Å². The van der Waals surface area contributed by atoms with Gasteiger partial charge in [-0.2, -0.15) is 18.4 Å². The van der Waals surface area contributed by atoms with Crippen molar-refractivity contribution >= 4 is 12.0 Å². The van der Waals surface area contributed by atoms with Gasteiger partial charge in [0.25, 0.3) is 0 Å². The van der Waals surface area contributed by atoms with Crippen LogP contribution >= 0.6 is 0 Å². The van der Waals surface area contributed by atoms with Gasteiger partial charge >= 0.3 is 12.2 Å². The summed E-state index contributed by atoms with van der Waals surface area (Å²) in [5, 5.41) is 12.1. The Morgan fingerprint density at radius 1 is 1.11 bits per heavy atom. The van der Waals surface area contributed by atoms with Gasteiger partial charge in [-0.25, -0.2) is 14.8 Å². The van der Waals surface area contributed by atoms with Crippen molar-refractivity contribution in [2.45, 2.75) is 57.5 Å². The van der Waals surface area contributed by atoms with E-state index in [-0.39, 0.29) is 35.5 Å². The summed E-state index contributed by atoms with van der Waals surface area (Å²) < 4.78 is 38.4. The maximum atomic E-state index is 13.1. The molecule has 0 bridgehead atoms. The van der Waals surface area contributed by atoms with Gasteiger partial charge in [0.1, 0.15) is 0 Å². The van der Waals surface area contributed by atoms with Crippen molar-refractivity contribution in [3.05, 3.63) is 53.3 Å². The van der Waals surface area contributed by atoms with Gasteiger partial charge in [-0.05, 0) is 49.8 Å². The molecule has 8 nitrogen and oxygen atoms in total. The predicted molar refractivity (Wildman–Crippen MR) is 130 cm³/mol. The lowest BCUT2D eigenvalue weighted by Crippen LogP contribution is -2.68. The largest absolute Gasteiger partial charge is 0.419 e. The highest BCUT2D eigenvalue weighted by Gasteiger charge is 2.52. The van der Waals surface area contributed by atoms with E-state index in [4.69, 9.17) is 5.26 Å². The molecule has 3 aliphatic rings. The molecule has 37 heavy (non-hydrogen) atoms. The smallest absolute Gasteiger partial charge is 0.337 e. The van der Waals surface area contributed by atoms with Crippen LogP contribution < -0.4 is 10.2 Å². The number of hydrogen-bond donors (Lipinski definition) is 1. The minimum absolute atomic E-state index is 0.0957. The molecule has 2 saturated heterocycles. The van der Waals surface area contributed by atoms with E-state index in [1.54, 1.807) is 0 Å². The van der Waals surface area contributed by atoms with Gasteiger partial charge in [-0.15, -0.1) is 0 Å². The number of carbonyl (C=O) groups excluding carboxylic acids is 1. The first-order valence-corrected chi connectivity index (χ1v) is 12.5. The fourth-order valence-corrected chi connectivity index (χ4v) is 6.07. The van der Waals surface area contributed by atoms with Crippen LogP contribution in [0.4, 0.5) is 23.9 Å². The monoisotopic (exact) mass is 513 g/mol. The van der Waals surface area contributed by atoms with Gasteiger partial charge in [0.05, 0.1) is 17.2 Å². The predicted octanol–water partition coefficient (Wildman–Crippen LogP) is 3.64. The zero-order valence-electron chi connectivity index (χ0n) is 20.9. The van der Waals surface area contributed by atoms with Crippen LogP contribution in [0.25, 0.3) is 0 Å². The average Bonchev–Trinajstić information content (AvgIpc) is 2.81. The summed E-state index contributed by atoms with van der Waals surface area (Å²) in [6.45, 7) is 7.65. The maximum Gasteiger partial charge on any atom is 0.419 e. The Hall–Kier alpha value is -3.39. The molecule has 1 aromatic carbocycles. The first kappa shape index (κ1) is 25.3. The second-order valence-corrected chi connectivity index (χ2v) is 10.8. The topological polar surface area (TPSA) is 88.4 Å². The molecule has 2 atom stereocenters. The van der Waals surface area contributed by atoms with Crippen molar-refractivity contribution in [2.75, 3.05) is 31.1 Å². The number of likely N-dealkylation sites (tertiary alicyclic amines) is 1. The summed E-state index contributed by atoms with van der Waals surface area (Å²) in [6.07, 6.45) is -0.946. The summed E-state index contributed by atoms with van der Waals surface area (Å²) in [6, 6.07) is 9.60. The number of piperazine rings is 1. The van der Waals surface area contributed by atoms with E-state index in [0.717, 1.165) is 44.9 Å². The molecule has 5 rings (SSSR count). The fraction of sp³-hybridized carbons (Fsp3) is 0.538. The van der Waals surface area contributed by atoms with Crippen molar-refractivity contribution in [3.63, 3.8) is 0 Å². The maximum absolute atomic E-state index is 13.1. The third-order valence-electron chi connectivity index (χ3n) is 7.70. The summed E-state index contributed by atoms with van der Waals surface area (Å²) in [7, 11) is 0. The van der Waals surface area contributed by atoms with Crippen LogP contribution in [0.1, 0.15) is 43.4 Å². The standard InChI is InChI=1S/C26H30F3N7O/c1-17-12-35(23-31-10-21(11-32-23)26(27,28)29)13-18(2)36(17)24(37)33-22-7-25(8-22)15-34(16-25)14-20-5-3-19(9-30)4-6-20/h3-6,10-11,17-18,22H,7-8,12-16H2,1-2H3,(H,33,37)/t17-,18+. The van der Waals surface area contributed by atoms with Gasteiger partial charge in [-0.1, -0.05) is 12.1 Å². The summed E-state index contributed by atoms with van der Waals surface area (Å²) in [4.78, 5) is 27.0. The van der Waals surface area contributed by atoms with Gasteiger partial charge < -0.3 is 15.1 Å². The number of nitrogens with zero attached hydrogens (tertiary/aromatic N) is 6. The van der Waals surface area contributed by atoms with Crippen molar-refractivity contribution in [3.8, 4) is 6.07 Å². The number of anilines is 1. The Balaban J connectivity index is 1.08. The highest BCUT2D eigenvalue weighted by Crippen LogP contribution is 2.48. The number of urea groups is 1. The molecule has 196 valence electrons. The van der Waals surface area contributed by atoms with Gasteiger partial charge in [0.2, 0.25) is 5.95 Å². The lowest BCUT2D eigenvalue weighted by atomic mass is 9.60. The fourth-order valence-electron chi connectivity index (χ4n) is 6.07. The third-order valence-corrected chi connectivity index (χ3v) is 7.70. The van der Waals surface area contributed by atoms with Crippen molar-refractivity contribution in [1.82, 2.24) is 25.1 Å². The number of benzene rings is 1. The molecular weight excluding hydrogens is 483 g/mol. The number of rotatable bonds is 4. The van der Waals surface area contributed by atoms with Gasteiger partial charge in [0.15, 0.2) is 0 Å². The molecule has 11 heteroatoms. The number of aromatic nitrogens is 2. The highest BCUT2D eigenvalue weighted by molar-refractivity contribution is 5.76. The third kappa shape index (κ3) is 5.21. The molecular formula is C26H30F3N7O. The lowest BCUT2D eigenvalue weighted by Gasteiger charge is -2.59. The average molecular weight is 514 g/mol. The Kier molecular flexibility index (Phi) is 6.48. The molecule has 0 radical (unpaired) electrons. The molecule has 2 amide bonds. The second-order valence-electron chi connectivity index (χ2n) is 10.8. The van der Waals surface area contributed by atoms with Crippen LogP contribution in [0, 0.1) is 16.7 Å². The SMILES string of the molecule is C[C@@H]1CN(c2ncc(C(F)(F)F)cn2)C[C@H](C)N1C(=O)NC1CC2(C1)CN(Cc1ccc(C#N)cc1)C2. The van der Waals surface area contributed by atoms with Crippen LogP contribution in [0.2, 0.25) is 0 Å². The molecule has 1 saturated carbocycles. The van der Waals surface area contributed by atoms with E-state index in [2.05, 4.69) is 26.3 Å². The Bertz CT molecular complexity index is 1150.